The van der Waals surface area contributed by atoms with Crippen molar-refractivity contribution in [3.63, 3.8) is 0 Å². The highest BCUT2D eigenvalue weighted by molar-refractivity contribution is 5.28. The molecule has 1 N–H and O–H groups in total. The Morgan fingerprint density at radius 3 is 2.68 bits per heavy atom. The second kappa shape index (κ2) is 6.35. The summed E-state index contributed by atoms with van der Waals surface area (Å²) >= 11 is 0. The lowest BCUT2D eigenvalue weighted by atomic mass is 9.85. The van der Waals surface area contributed by atoms with E-state index in [4.69, 9.17) is 4.74 Å². The van der Waals surface area contributed by atoms with Gasteiger partial charge in [-0.1, -0.05) is 13.8 Å². The molecule has 0 amide bonds. The van der Waals surface area contributed by atoms with Crippen LogP contribution in [0.15, 0.2) is 18.5 Å². The van der Waals surface area contributed by atoms with E-state index in [0.717, 1.165) is 50.2 Å². The summed E-state index contributed by atoms with van der Waals surface area (Å²) in [7, 11) is 0. The number of rotatable bonds is 5. The van der Waals surface area contributed by atoms with Crippen molar-refractivity contribution >= 4 is 0 Å². The largest absolute Gasteiger partial charge is 0.492 e. The van der Waals surface area contributed by atoms with Gasteiger partial charge in [-0.2, -0.15) is 0 Å². The molecule has 0 atom stereocenters. The number of hydrogen-bond acceptors (Lipinski definition) is 4. The summed E-state index contributed by atoms with van der Waals surface area (Å²) in [5, 5.41) is 10.8. The smallest absolute Gasteiger partial charge is 0.137 e. The first-order chi connectivity index (χ1) is 9.18. The molecule has 0 saturated carbocycles. The molecule has 1 saturated heterocycles. The summed E-state index contributed by atoms with van der Waals surface area (Å²) in [6.45, 7) is 7.84. The van der Waals surface area contributed by atoms with Gasteiger partial charge in [0.2, 0.25) is 0 Å². The molecular formula is C15H24N2O2. The topological polar surface area (TPSA) is 45.6 Å². The molecule has 19 heavy (non-hydrogen) atoms. The van der Waals surface area contributed by atoms with Crippen LogP contribution in [0.4, 0.5) is 0 Å². The third-order valence-corrected chi connectivity index (χ3v) is 3.85. The number of hydrogen-bond donors (Lipinski definition) is 1. The second-order valence-corrected chi connectivity index (χ2v) is 5.22. The van der Waals surface area contributed by atoms with Crippen molar-refractivity contribution in [2.24, 2.45) is 0 Å². The van der Waals surface area contributed by atoms with Crippen molar-refractivity contribution in [1.29, 1.82) is 0 Å². The van der Waals surface area contributed by atoms with E-state index in [-0.39, 0.29) is 0 Å². The molecule has 1 aromatic heterocycles. The molecule has 0 unspecified atom stereocenters. The van der Waals surface area contributed by atoms with Crippen LogP contribution in [0, 0.1) is 0 Å². The van der Waals surface area contributed by atoms with Crippen LogP contribution in [0.5, 0.6) is 5.75 Å². The number of piperidine rings is 1. The number of nitrogens with zero attached hydrogens (tertiary/aromatic N) is 2. The van der Waals surface area contributed by atoms with Crippen LogP contribution in [0.3, 0.4) is 0 Å². The number of ether oxygens (including phenoxy) is 1. The van der Waals surface area contributed by atoms with E-state index in [9.17, 15) is 5.11 Å². The summed E-state index contributed by atoms with van der Waals surface area (Å²) < 4.78 is 5.59. The van der Waals surface area contributed by atoms with E-state index < -0.39 is 5.60 Å². The van der Waals surface area contributed by atoms with Gasteiger partial charge in [0.15, 0.2) is 0 Å². The number of pyridine rings is 1. The van der Waals surface area contributed by atoms with Gasteiger partial charge < -0.3 is 14.7 Å². The van der Waals surface area contributed by atoms with Gasteiger partial charge in [-0.25, -0.2) is 0 Å². The van der Waals surface area contributed by atoms with Crippen molar-refractivity contribution in [1.82, 2.24) is 9.88 Å². The maximum absolute atomic E-state index is 10.8. The van der Waals surface area contributed by atoms with Gasteiger partial charge in [-0.15, -0.1) is 0 Å². The first kappa shape index (κ1) is 14.3. The fourth-order valence-corrected chi connectivity index (χ4v) is 2.50. The molecule has 1 aliphatic heterocycles. The van der Waals surface area contributed by atoms with Crippen molar-refractivity contribution < 1.29 is 9.84 Å². The average molecular weight is 264 g/mol. The van der Waals surface area contributed by atoms with E-state index >= 15 is 0 Å². The van der Waals surface area contributed by atoms with Crippen LogP contribution >= 0.6 is 0 Å². The summed E-state index contributed by atoms with van der Waals surface area (Å²) in [5.41, 5.74) is 0.140. The Morgan fingerprint density at radius 2 is 2.05 bits per heavy atom. The Bertz CT molecular complexity index is 401. The Balaban J connectivity index is 2.08. The van der Waals surface area contributed by atoms with Gasteiger partial charge in [0.1, 0.15) is 5.75 Å². The number of likely N-dealkylation sites (tertiary alicyclic amines) is 1. The normalized spacial score (nSPS) is 19.3. The second-order valence-electron chi connectivity index (χ2n) is 5.22. The van der Waals surface area contributed by atoms with Crippen molar-refractivity contribution in [3.8, 4) is 5.75 Å². The van der Waals surface area contributed by atoms with E-state index in [1.54, 1.807) is 12.4 Å². The van der Waals surface area contributed by atoms with Crippen LogP contribution in [-0.2, 0) is 5.60 Å². The molecule has 1 aliphatic rings. The quantitative estimate of drug-likeness (QED) is 0.885. The van der Waals surface area contributed by atoms with Crippen LogP contribution in [-0.4, -0.2) is 41.2 Å². The molecule has 0 aromatic carbocycles. The van der Waals surface area contributed by atoms with Gasteiger partial charge in [-0.3, -0.25) is 4.98 Å². The minimum atomic E-state index is -0.746. The Kier molecular flexibility index (Phi) is 4.77. The van der Waals surface area contributed by atoms with Crippen molar-refractivity contribution in [2.45, 2.75) is 38.7 Å². The highest BCUT2D eigenvalue weighted by atomic mass is 16.5. The molecule has 4 heteroatoms. The van der Waals surface area contributed by atoms with Gasteiger partial charge >= 0.3 is 0 Å². The highest BCUT2D eigenvalue weighted by Crippen LogP contribution is 2.33. The van der Waals surface area contributed by atoms with Gasteiger partial charge in [0.25, 0.3) is 0 Å². The third-order valence-electron chi connectivity index (χ3n) is 3.85. The molecule has 106 valence electrons. The monoisotopic (exact) mass is 264 g/mol. The van der Waals surface area contributed by atoms with Gasteiger partial charge in [-0.05, 0) is 31.9 Å². The van der Waals surface area contributed by atoms with Gasteiger partial charge in [0, 0.05) is 24.8 Å². The molecule has 0 aliphatic carbocycles. The average Bonchev–Trinajstić information content (AvgIpc) is 2.46. The van der Waals surface area contributed by atoms with E-state index in [1.165, 1.54) is 0 Å². The zero-order valence-electron chi connectivity index (χ0n) is 11.9. The minimum Gasteiger partial charge on any atom is -0.492 e. The van der Waals surface area contributed by atoms with Gasteiger partial charge in [0.05, 0.1) is 18.4 Å². The molecule has 2 heterocycles. The molecule has 2 rings (SSSR count). The number of aromatic nitrogens is 1. The van der Waals surface area contributed by atoms with Crippen LogP contribution in [0.25, 0.3) is 0 Å². The maximum Gasteiger partial charge on any atom is 0.137 e. The standard InChI is InChI=1S/C15H24N2O2/c1-3-9-19-14-10-13(11-16-12-14)15(18)5-7-17(4-2)8-6-15/h10-12,18H,3-9H2,1-2H3. The first-order valence-corrected chi connectivity index (χ1v) is 7.21. The molecule has 1 fully saturated rings. The molecule has 0 spiro atoms. The van der Waals surface area contributed by atoms with Crippen molar-refractivity contribution in [2.75, 3.05) is 26.2 Å². The third kappa shape index (κ3) is 3.45. The molecule has 0 bridgehead atoms. The molecule has 4 nitrogen and oxygen atoms in total. The predicted molar refractivity (Wildman–Crippen MR) is 75.3 cm³/mol. The lowest BCUT2D eigenvalue weighted by Crippen LogP contribution is -2.42. The fourth-order valence-electron chi connectivity index (χ4n) is 2.50. The zero-order valence-corrected chi connectivity index (χ0v) is 11.9. The summed E-state index contributed by atoms with van der Waals surface area (Å²) in [4.78, 5) is 6.56. The van der Waals surface area contributed by atoms with Crippen LogP contribution in [0.1, 0.15) is 38.7 Å². The SMILES string of the molecule is CCCOc1cncc(C2(O)CCN(CC)CC2)c1. The van der Waals surface area contributed by atoms with E-state index in [0.29, 0.717) is 6.61 Å². The molecular weight excluding hydrogens is 240 g/mol. The van der Waals surface area contributed by atoms with Crippen LogP contribution in [0.2, 0.25) is 0 Å². The summed E-state index contributed by atoms with van der Waals surface area (Å²) in [6, 6.07) is 1.93. The van der Waals surface area contributed by atoms with Crippen LogP contribution < -0.4 is 4.74 Å². The minimum absolute atomic E-state index is 0.688. The first-order valence-electron chi connectivity index (χ1n) is 7.21. The van der Waals surface area contributed by atoms with Crippen molar-refractivity contribution in [3.05, 3.63) is 24.0 Å². The predicted octanol–water partition coefficient (Wildman–Crippen LogP) is 2.17. The molecule has 0 radical (unpaired) electrons. The molecule has 1 aromatic rings. The lowest BCUT2D eigenvalue weighted by Gasteiger charge is -2.38. The Labute approximate surface area is 115 Å². The highest BCUT2D eigenvalue weighted by Gasteiger charge is 2.34. The summed E-state index contributed by atoms with van der Waals surface area (Å²) in [5.74, 6) is 0.755. The summed E-state index contributed by atoms with van der Waals surface area (Å²) in [6.07, 6.45) is 5.98. The lowest BCUT2D eigenvalue weighted by molar-refractivity contribution is -0.0251. The zero-order chi connectivity index (χ0) is 13.7. The van der Waals surface area contributed by atoms with E-state index in [1.807, 2.05) is 6.07 Å². The number of aliphatic hydroxyl groups is 1. The Morgan fingerprint density at radius 1 is 1.32 bits per heavy atom. The Hall–Kier alpha value is -1.13. The van der Waals surface area contributed by atoms with E-state index in [2.05, 4.69) is 23.7 Å². The maximum atomic E-state index is 10.8. The fraction of sp³-hybridized carbons (Fsp3) is 0.667.